The molecule has 0 saturated carbocycles. The number of carboxylic acid groups (broad SMARTS) is 1. The summed E-state index contributed by atoms with van der Waals surface area (Å²) in [5, 5.41) is 6.25. The zero-order valence-electron chi connectivity index (χ0n) is 8.22. The number of aldehydes is 1. The maximum atomic E-state index is 10.6. The predicted octanol–water partition coefficient (Wildman–Crippen LogP) is 1.71. The first-order valence-corrected chi connectivity index (χ1v) is 4.82. The summed E-state index contributed by atoms with van der Waals surface area (Å²) in [6.07, 6.45) is -0.167. The molecule has 1 aromatic rings. The van der Waals surface area contributed by atoms with Crippen molar-refractivity contribution in [3.63, 3.8) is 0 Å². The van der Waals surface area contributed by atoms with E-state index in [0.717, 1.165) is 0 Å². The molecule has 0 aliphatic carbocycles. The molecule has 1 N–H and O–H groups in total. The first kappa shape index (κ1) is 15.3. The maximum Gasteiger partial charge on any atom is 0.368 e. The van der Waals surface area contributed by atoms with Crippen molar-refractivity contribution in [2.24, 2.45) is 0 Å². The van der Waals surface area contributed by atoms with E-state index in [4.69, 9.17) is 37.9 Å². The summed E-state index contributed by atoms with van der Waals surface area (Å²) >= 11 is 10.4. The van der Waals surface area contributed by atoms with Gasteiger partial charge in [0.2, 0.25) is 6.29 Å². The third-order valence-corrected chi connectivity index (χ3v) is 1.88. The van der Waals surface area contributed by atoms with Gasteiger partial charge >= 0.3 is 5.97 Å². The highest BCUT2D eigenvalue weighted by Gasteiger charge is 2.03. The summed E-state index contributed by atoms with van der Waals surface area (Å²) in [4.78, 5) is 39.1. The second kappa shape index (κ2) is 7.54. The van der Waals surface area contributed by atoms with Gasteiger partial charge < -0.3 is 5.11 Å². The van der Waals surface area contributed by atoms with E-state index in [2.05, 4.69) is 0 Å². The lowest BCUT2D eigenvalue weighted by Crippen LogP contribution is -1.92. The smallest absolute Gasteiger partial charge is 0.368 e. The molecule has 0 amide bonds. The number of carboxylic acids is 1. The molecule has 0 unspecified atom stereocenters. The molecule has 0 bridgehead atoms. The Kier molecular flexibility index (Phi) is 6.77. The van der Waals surface area contributed by atoms with Crippen molar-refractivity contribution < 1.29 is 24.3 Å². The van der Waals surface area contributed by atoms with E-state index < -0.39 is 16.5 Å². The van der Waals surface area contributed by atoms with Crippen LogP contribution in [-0.2, 0) is 9.59 Å². The Hall–Kier alpha value is -1.72. The predicted molar refractivity (Wildman–Crippen MR) is 60.5 cm³/mol. The SMILES string of the molecule is O=C(Cl)c1ccc(C(=O)Cl)cc1.O=CC(=O)O. The maximum absolute atomic E-state index is 10.6. The lowest BCUT2D eigenvalue weighted by molar-refractivity contribution is -0.143. The van der Waals surface area contributed by atoms with Crippen molar-refractivity contribution in [3.05, 3.63) is 35.4 Å². The molecule has 90 valence electrons. The molecular formula is C10H6Cl2O5. The molecule has 0 aromatic heterocycles. The molecule has 0 fully saturated rings. The van der Waals surface area contributed by atoms with Gasteiger partial charge in [-0.3, -0.25) is 14.4 Å². The lowest BCUT2D eigenvalue weighted by atomic mass is 10.2. The van der Waals surface area contributed by atoms with E-state index >= 15 is 0 Å². The van der Waals surface area contributed by atoms with Crippen molar-refractivity contribution >= 4 is 45.9 Å². The highest BCUT2D eigenvalue weighted by atomic mass is 35.5. The Labute approximate surface area is 106 Å². The molecule has 0 heterocycles. The van der Waals surface area contributed by atoms with E-state index in [1.165, 1.54) is 24.3 Å². The van der Waals surface area contributed by atoms with Gasteiger partial charge in [-0.2, -0.15) is 0 Å². The van der Waals surface area contributed by atoms with Gasteiger partial charge in [-0.15, -0.1) is 0 Å². The quantitative estimate of drug-likeness (QED) is 0.516. The molecule has 0 aliphatic heterocycles. The molecule has 17 heavy (non-hydrogen) atoms. The average Bonchev–Trinajstić information content (AvgIpc) is 2.29. The highest BCUT2D eigenvalue weighted by molar-refractivity contribution is 6.68. The van der Waals surface area contributed by atoms with Gasteiger partial charge in [0.25, 0.3) is 10.5 Å². The van der Waals surface area contributed by atoms with Crippen LogP contribution in [0.1, 0.15) is 20.7 Å². The molecular weight excluding hydrogens is 271 g/mol. The van der Waals surface area contributed by atoms with Crippen LogP contribution in [0, 0.1) is 0 Å². The first-order chi connectivity index (χ1) is 7.88. The minimum atomic E-state index is -1.43. The number of benzene rings is 1. The number of halogens is 2. The third-order valence-electron chi connectivity index (χ3n) is 1.44. The van der Waals surface area contributed by atoms with Gasteiger partial charge in [0.15, 0.2) is 0 Å². The Morgan fingerprint density at radius 3 is 1.29 bits per heavy atom. The number of carbonyl (C=O) groups is 4. The molecule has 0 aliphatic rings. The highest BCUT2D eigenvalue weighted by Crippen LogP contribution is 2.08. The number of hydrogen-bond donors (Lipinski definition) is 1. The summed E-state index contributed by atoms with van der Waals surface area (Å²) in [6.45, 7) is 0. The van der Waals surface area contributed by atoms with Gasteiger partial charge in [0, 0.05) is 11.1 Å². The number of aliphatic carboxylic acids is 1. The van der Waals surface area contributed by atoms with Crippen LogP contribution in [0.3, 0.4) is 0 Å². The van der Waals surface area contributed by atoms with Crippen molar-refractivity contribution in [1.82, 2.24) is 0 Å². The molecule has 1 aromatic carbocycles. The summed E-state index contributed by atoms with van der Waals surface area (Å²) in [6, 6.07) is 5.80. The lowest BCUT2D eigenvalue weighted by Gasteiger charge is -1.94. The van der Waals surface area contributed by atoms with Crippen LogP contribution in [0.15, 0.2) is 24.3 Å². The van der Waals surface area contributed by atoms with Crippen LogP contribution < -0.4 is 0 Å². The van der Waals surface area contributed by atoms with Crippen LogP contribution in [-0.4, -0.2) is 27.8 Å². The average molecular weight is 277 g/mol. The fraction of sp³-hybridized carbons (Fsp3) is 0. The standard InChI is InChI=1S/C8H4Cl2O2.C2H2O3/c9-7(11)5-1-2-6(4-3-5)8(10)12;3-1-2(4)5/h1-4H;1H,(H,4,5). The van der Waals surface area contributed by atoms with E-state index in [1.54, 1.807) is 0 Å². The topological polar surface area (TPSA) is 88.5 Å². The minimum absolute atomic E-state index is 0.167. The van der Waals surface area contributed by atoms with E-state index in [9.17, 15) is 9.59 Å². The molecule has 1 rings (SSSR count). The molecule has 0 saturated heterocycles. The zero-order valence-corrected chi connectivity index (χ0v) is 9.73. The minimum Gasteiger partial charge on any atom is -0.476 e. The first-order valence-electron chi connectivity index (χ1n) is 4.06. The van der Waals surface area contributed by atoms with Crippen LogP contribution in [0.5, 0.6) is 0 Å². The van der Waals surface area contributed by atoms with Gasteiger partial charge in [-0.1, -0.05) is 0 Å². The number of hydrogen-bond acceptors (Lipinski definition) is 4. The second-order valence-electron chi connectivity index (χ2n) is 2.58. The summed E-state index contributed by atoms with van der Waals surface area (Å²) < 4.78 is 0. The van der Waals surface area contributed by atoms with Crippen LogP contribution in [0.2, 0.25) is 0 Å². The molecule has 0 spiro atoms. The van der Waals surface area contributed by atoms with Crippen molar-refractivity contribution in [2.45, 2.75) is 0 Å². The molecule has 0 radical (unpaired) electrons. The molecule has 5 nitrogen and oxygen atoms in total. The zero-order chi connectivity index (χ0) is 13.4. The van der Waals surface area contributed by atoms with Crippen molar-refractivity contribution in [2.75, 3.05) is 0 Å². The Bertz CT molecular complexity index is 406. The number of rotatable bonds is 3. The van der Waals surface area contributed by atoms with Gasteiger partial charge in [-0.05, 0) is 47.5 Å². The molecule has 0 atom stereocenters. The third kappa shape index (κ3) is 6.44. The van der Waals surface area contributed by atoms with E-state index in [0.29, 0.717) is 11.1 Å². The Balaban J connectivity index is 0.000000437. The van der Waals surface area contributed by atoms with Gasteiger partial charge in [0.05, 0.1) is 0 Å². The largest absolute Gasteiger partial charge is 0.476 e. The van der Waals surface area contributed by atoms with E-state index in [1.807, 2.05) is 0 Å². The van der Waals surface area contributed by atoms with Gasteiger partial charge in [-0.25, -0.2) is 4.79 Å². The van der Waals surface area contributed by atoms with Crippen molar-refractivity contribution in [1.29, 1.82) is 0 Å². The normalized spacial score (nSPS) is 8.59. The number of carbonyl (C=O) groups excluding carboxylic acids is 3. The summed E-state index contributed by atoms with van der Waals surface area (Å²) in [5.41, 5.74) is 0.691. The second-order valence-corrected chi connectivity index (χ2v) is 3.27. The van der Waals surface area contributed by atoms with E-state index in [-0.39, 0.29) is 6.29 Å². The Morgan fingerprint density at radius 1 is 0.941 bits per heavy atom. The monoisotopic (exact) mass is 276 g/mol. The van der Waals surface area contributed by atoms with Crippen LogP contribution in [0.25, 0.3) is 0 Å². The fourth-order valence-electron chi connectivity index (χ4n) is 0.732. The molecule has 7 heteroatoms. The van der Waals surface area contributed by atoms with Crippen LogP contribution >= 0.6 is 23.2 Å². The summed E-state index contributed by atoms with van der Waals surface area (Å²) in [7, 11) is 0. The van der Waals surface area contributed by atoms with Crippen LogP contribution in [0.4, 0.5) is 0 Å². The summed E-state index contributed by atoms with van der Waals surface area (Å²) in [5.74, 6) is -1.43. The Morgan fingerprint density at radius 2 is 1.18 bits per heavy atom. The van der Waals surface area contributed by atoms with Gasteiger partial charge in [0.1, 0.15) is 0 Å². The van der Waals surface area contributed by atoms with Crippen molar-refractivity contribution in [3.8, 4) is 0 Å². The fourth-order valence-corrected chi connectivity index (χ4v) is 0.984.